The Morgan fingerprint density at radius 3 is 1.48 bits per heavy atom. The van der Waals surface area contributed by atoms with Crippen LogP contribution in [0, 0.1) is 6.92 Å². The van der Waals surface area contributed by atoms with Crippen molar-refractivity contribution in [2.45, 2.75) is 85.5 Å². The summed E-state index contributed by atoms with van der Waals surface area (Å²) in [7, 11) is -0.438. The number of aryl methyl sites for hydroxylation is 1. The highest BCUT2D eigenvalue weighted by atomic mass is 79.9. The van der Waals surface area contributed by atoms with E-state index in [1.807, 2.05) is 0 Å². The molecule has 0 fully saturated rings. The van der Waals surface area contributed by atoms with Crippen molar-refractivity contribution >= 4 is 49.1 Å². The van der Waals surface area contributed by atoms with E-state index in [2.05, 4.69) is 124 Å². The van der Waals surface area contributed by atoms with E-state index < -0.39 is 12.9 Å². The summed E-state index contributed by atoms with van der Waals surface area (Å²) in [5.41, 5.74) is 6.27. The quantitative estimate of drug-likeness (QED) is 0.338. The summed E-state index contributed by atoms with van der Waals surface area (Å²) in [4.78, 5) is 0. The molecular formula is C23H34Br2P2. The molecule has 0 saturated heterocycles. The Morgan fingerprint density at radius 2 is 1.19 bits per heavy atom. The fraction of sp³-hybridized carbons (Fsp3) is 0.565. The van der Waals surface area contributed by atoms with E-state index in [4.69, 9.17) is 0 Å². The van der Waals surface area contributed by atoms with Crippen LogP contribution in [0.2, 0.25) is 0 Å². The number of halogens is 2. The summed E-state index contributed by atoms with van der Waals surface area (Å²) >= 11 is 7.56. The van der Waals surface area contributed by atoms with Crippen molar-refractivity contribution in [2.75, 3.05) is 0 Å². The summed E-state index contributed by atoms with van der Waals surface area (Å²) in [6.07, 6.45) is 0. The second-order valence-electron chi connectivity index (χ2n) is 10.6. The summed E-state index contributed by atoms with van der Waals surface area (Å²) in [5.74, 6) is 5.04. The highest BCUT2D eigenvalue weighted by Crippen LogP contribution is 2.57. The zero-order valence-corrected chi connectivity index (χ0v) is 23.4. The predicted molar refractivity (Wildman–Crippen MR) is 136 cm³/mol. The van der Waals surface area contributed by atoms with Crippen molar-refractivity contribution < 1.29 is 0 Å². The highest BCUT2D eigenvalue weighted by molar-refractivity contribution is 9.70. The van der Waals surface area contributed by atoms with E-state index in [9.17, 15) is 0 Å². The van der Waals surface area contributed by atoms with Gasteiger partial charge in [0, 0.05) is 10.6 Å². The molecule has 0 aliphatic rings. The van der Waals surface area contributed by atoms with Gasteiger partial charge >= 0.3 is 0 Å². The van der Waals surface area contributed by atoms with Crippen LogP contribution in [0.5, 0.6) is 0 Å². The Kier molecular flexibility index (Phi) is 6.93. The van der Waals surface area contributed by atoms with Gasteiger partial charge in [0.2, 0.25) is 0 Å². The average molecular weight is 532 g/mol. The molecule has 1 heterocycles. The van der Waals surface area contributed by atoms with E-state index in [1.165, 1.54) is 27.6 Å². The minimum Gasteiger partial charge on any atom is -0.0918 e. The lowest BCUT2D eigenvalue weighted by Crippen LogP contribution is -2.22. The zero-order chi connectivity index (χ0) is 20.9. The van der Waals surface area contributed by atoms with Gasteiger partial charge in [-0.05, 0) is 88.0 Å². The number of rotatable bonds is 2. The number of hydrogen-bond donors (Lipinski definition) is 0. The van der Waals surface area contributed by atoms with Crippen LogP contribution in [0.25, 0.3) is 5.30 Å². The maximum atomic E-state index is 3.78. The second-order valence-corrected chi connectivity index (χ2v) is 20.5. The lowest BCUT2D eigenvalue weighted by atomic mass is 9.75. The molecule has 0 N–H and O–H groups in total. The lowest BCUT2D eigenvalue weighted by molar-refractivity contribution is 0.552. The van der Waals surface area contributed by atoms with Gasteiger partial charge in [-0.3, -0.25) is 0 Å². The van der Waals surface area contributed by atoms with E-state index in [0.717, 1.165) is 0 Å². The van der Waals surface area contributed by atoms with Crippen molar-refractivity contribution in [3.05, 3.63) is 46.0 Å². The molecule has 1 atom stereocenters. The first kappa shape index (κ1) is 23.7. The van der Waals surface area contributed by atoms with Crippen LogP contribution in [0.4, 0.5) is 0 Å². The Balaban J connectivity index is 2.95. The molecule has 150 valence electrons. The molecular weight excluding hydrogens is 498 g/mol. The number of hydrogen-bond acceptors (Lipinski definition) is 0. The average Bonchev–Trinajstić information content (AvgIpc) is 2.85. The normalized spacial score (nSPS) is 14.2. The van der Waals surface area contributed by atoms with Crippen LogP contribution in [0.3, 0.4) is 0 Å². The molecule has 0 radical (unpaired) electrons. The van der Waals surface area contributed by atoms with Gasteiger partial charge in [-0.1, -0.05) is 82.0 Å². The maximum Gasteiger partial charge on any atom is 0.0660 e. The molecule has 2 aromatic rings. The predicted octanol–water partition coefficient (Wildman–Crippen LogP) is 9.59. The van der Waals surface area contributed by atoms with Crippen LogP contribution in [-0.2, 0) is 16.2 Å². The van der Waals surface area contributed by atoms with E-state index in [-0.39, 0.29) is 16.2 Å². The summed E-state index contributed by atoms with van der Waals surface area (Å²) in [6, 6.07) is 4.99. The third-order valence-electron chi connectivity index (χ3n) is 5.03. The van der Waals surface area contributed by atoms with Crippen LogP contribution >= 0.6 is 43.8 Å². The van der Waals surface area contributed by atoms with Crippen molar-refractivity contribution in [2.24, 2.45) is 0 Å². The minimum absolute atomic E-state index is 0.116. The number of benzene rings is 1. The van der Waals surface area contributed by atoms with Gasteiger partial charge in [0.25, 0.3) is 0 Å². The van der Waals surface area contributed by atoms with Crippen molar-refractivity contribution in [3.8, 4) is 5.30 Å². The molecule has 2 rings (SSSR count). The fourth-order valence-electron chi connectivity index (χ4n) is 3.34. The first-order valence-electron chi connectivity index (χ1n) is 9.53. The molecule has 0 bridgehead atoms. The molecule has 0 nitrogen and oxygen atoms in total. The van der Waals surface area contributed by atoms with Gasteiger partial charge in [-0.15, -0.1) is 0 Å². The van der Waals surface area contributed by atoms with E-state index in [1.54, 1.807) is 5.30 Å². The molecule has 1 aromatic carbocycles. The molecule has 0 saturated carbocycles. The van der Waals surface area contributed by atoms with Crippen LogP contribution in [0.15, 0.2) is 23.7 Å². The Labute approximate surface area is 185 Å². The first-order valence-corrected chi connectivity index (χ1v) is 16.4. The molecule has 1 unspecified atom stereocenters. The van der Waals surface area contributed by atoms with Gasteiger partial charge in [-0.25, -0.2) is 0 Å². The van der Waals surface area contributed by atoms with Crippen LogP contribution < -0.4 is 5.30 Å². The molecule has 0 spiro atoms. The Hall–Kier alpha value is 0.390. The Bertz CT molecular complexity index is 791. The Morgan fingerprint density at radius 1 is 0.741 bits per heavy atom. The SMILES string of the molecule is Cc1cp(-c2c(C(C)(C)C)cc(C(C)(C)C)cc2C(C)(C)C)cc1P(Br)Br. The van der Waals surface area contributed by atoms with Crippen LogP contribution in [0.1, 0.15) is 84.6 Å². The summed E-state index contributed by atoms with van der Waals surface area (Å²) in [5, 5.41) is 2.59. The third-order valence-corrected chi connectivity index (χ3v) is 10.6. The zero-order valence-electron chi connectivity index (χ0n) is 18.5. The maximum absolute atomic E-state index is 3.78. The van der Waals surface area contributed by atoms with Crippen molar-refractivity contribution in [3.63, 3.8) is 0 Å². The smallest absolute Gasteiger partial charge is 0.0660 e. The van der Waals surface area contributed by atoms with Gasteiger partial charge in [-0.2, -0.15) is 0 Å². The monoisotopic (exact) mass is 530 g/mol. The van der Waals surface area contributed by atoms with Gasteiger partial charge < -0.3 is 0 Å². The van der Waals surface area contributed by atoms with E-state index in [0.29, 0.717) is 0 Å². The largest absolute Gasteiger partial charge is 0.0918 e. The first-order chi connectivity index (χ1) is 12.0. The molecule has 1 aromatic heterocycles. The van der Waals surface area contributed by atoms with Crippen molar-refractivity contribution in [1.29, 1.82) is 0 Å². The summed E-state index contributed by atoms with van der Waals surface area (Å²) < 4.78 is 0. The highest BCUT2D eigenvalue weighted by Gasteiger charge is 2.30. The molecule has 27 heavy (non-hydrogen) atoms. The molecule has 0 aliphatic heterocycles. The van der Waals surface area contributed by atoms with Crippen LogP contribution in [-0.4, -0.2) is 0 Å². The third kappa shape index (κ3) is 5.31. The minimum atomic E-state index is -0.438. The fourth-order valence-corrected chi connectivity index (χ4v) is 10.5. The molecule has 4 heteroatoms. The second kappa shape index (κ2) is 7.91. The topological polar surface area (TPSA) is 0 Å². The van der Waals surface area contributed by atoms with Crippen molar-refractivity contribution in [1.82, 2.24) is 0 Å². The lowest BCUT2D eigenvalue weighted by Gasteiger charge is -2.33. The standard InChI is InChI=1S/C23H34Br2P2/c1-15-13-26(14-19(15)27(24)25)20-17(22(5,6)7)11-16(21(2,3)4)12-18(20)23(8,9)10/h11-14H,1-10H3. The summed E-state index contributed by atoms with van der Waals surface area (Å²) in [6.45, 7) is 23.4. The molecule has 0 amide bonds. The van der Waals surface area contributed by atoms with Gasteiger partial charge in [0.1, 0.15) is 0 Å². The van der Waals surface area contributed by atoms with E-state index >= 15 is 0 Å². The van der Waals surface area contributed by atoms with Gasteiger partial charge in [0.05, 0.1) is 5.33 Å². The van der Waals surface area contributed by atoms with Gasteiger partial charge in [0.15, 0.2) is 0 Å². The molecule has 0 aliphatic carbocycles.